The molecule has 2 fully saturated rings. The second-order valence-electron chi connectivity index (χ2n) is 15.2. The van der Waals surface area contributed by atoms with Gasteiger partial charge < -0.3 is 28.7 Å². The Morgan fingerprint density at radius 1 is 0.324 bits per heavy atom. The number of carbonyl (C=O) groups is 4. The Morgan fingerprint density at radius 2 is 0.544 bits per heavy atom. The van der Waals surface area contributed by atoms with E-state index in [1.165, 1.54) is 24.9 Å². The lowest BCUT2D eigenvalue weighted by molar-refractivity contribution is -0.137. The first-order valence-electron chi connectivity index (χ1n) is 21.3. The second kappa shape index (κ2) is 21.1. The highest BCUT2D eigenvalue weighted by molar-refractivity contribution is 5.94. The summed E-state index contributed by atoms with van der Waals surface area (Å²) in [4.78, 5) is 56.6. The van der Waals surface area contributed by atoms with Crippen LogP contribution in [0.2, 0.25) is 0 Å². The molecule has 4 N–H and O–H groups in total. The SMILES string of the molecule is O=C1NN=Cc2ccc(cc2)N(c2ccccc2)c2ccc(cc2)C=NNC(=O)[C@H]2OCO[C@@H]2C(=O)NN=Cc2ccc(cc2)N(c2ccccc2)c2ccc(cc2)C=NNC(=O)[C@H]2OCO[C@H]12. The van der Waals surface area contributed by atoms with E-state index in [1.807, 2.05) is 168 Å². The minimum absolute atomic E-state index is 0.266. The number of nitrogens with zero attached hydrogens (tertiary/aromatic N) is 6. The minimum atomic E-state index is -1.26. The minimum Gasteiger partial charge on any atom is -0.339 e. The van der Waals surface area contributed by atoms with Gasteiger partial charge in [-0.25, -0.2) is 21.7 Å². The first-order chi connectivity index (χ1) is 33.4. The van der Waals surface area contributed by atoms with Gasteiger partial charge in [0.2, 0.25) is 0 Å². The Kier molecular flexibility index (Phi) is 13.8. The van der Waals surface area contributed by atoms with Crippen LogP contribution in [0.4, 0.5) is 34.1 Å². The molecule has 2 saturated heterocycles. The summed E-state index contributed by atoms with van der Waals surface area (Å²) in [7, 11) is 0. The third-order valence-corrected chi connectivity index (χ3v) is 10.8. The van der Waals surface area contributed by atoms with E-state index in [1.54, 1.807) is 0 Å². The van der Waals surface area contributed by atoms with Crippen LogP contribution in [0.3, 0.4) is 0 Å². The smallest absolute Gasteiger partial charge is 0.272 e. The van der Waals surface area contributed by atoms with Gasteiger partial charge in [0, 0.05) is 34.1 Å². The third kappa shape index (κ3) is 10.5. The van der Waals surface area contributed by atoms with Gasteiger partial charge in [-0.05, 0) is 95.1 Å². The molecule has 9 aliphatic rings. The third-order valence-electron chi connectivity index (χ3n) is 10.8. The molecular formula is C50H42N10O8. The van der Waals surface area contributed by atoms with Crippen molar-refractivity contribution >= 4 is 82.6 Å². The van der Waals surface area contributed by atoms with Gasteiger partial charge in [-0.3, -0.25) is 19.2 Å². The molecule has 68 heavy (non-hydrogen) atoms. The molecule has 0 aromatic heterocycles. The monoisotopic (exact) mass is 910 g/mol. The fraction of sp³-hybridized carbons (Fsp3) is 0.120. The van der Waals surface area contributed by atoms with Crippen molar-refractivity contribution in [3.63, 3.8) is 0 Å². The number of ether oxygens (including phenoxy) is 4. The number of anilines is 6. The Labute approximate surface area is 389 Å². The van der Waals surface area contributed by atoms with Crippen LogP contribution in [-0.2, 0) is 38.1 Å². The second-order valence-corrected chi connectivity index (χ2v) is 15.2. The molecule has 0 spiro atoms. The van der Waals surface area contributed by atoms with E-state index in [4.69, 9.17) is 18.9 Å². The molecule has 8 bridgehead atoms. The van der Waals surface area contributed by atoms with Crippen molar-refractivity contribution in [3.05, 3.63) is 180 Å². The predicted molar refractivity (Wildman–Crippen MR) is 254 cm³/mol. The molecule has 0 saturated carbocycles. The summed E-state index contributed by atoms with van der Waals surface area (Å²) in [5, 5.41) is 16.4. The number of hydrogen-bond donors (Lipinski definition) is 4. The average Bonchev–Trinajstić information content (AvgIpc) is 4.09. The highest BCUT2D eigenvalue weighted by Gasteiger charge is 2.41. The Morgan fingerprint density at radius 3 is 0.779 bits per heavy atom. The lowest BCUT2D eigenvalue weighted by Crippen LogP contribution is -2.45. The summed E-state index contributed by atoms with van der Waals surface area (Å²) in [6.45, 7) is -0.532. The zero-order valence-electron chi connectivity index (χ0n) is 36.0. The number of hydrazone groups is 4. The largest absolute Gasteiger partial charge is 0.339 e. The van der Waals surface area contributed by atoms with Crippen molar-refractivity contribution in [2.75, 3.05) is 23.4 Å². The molecule has 9 heterocycles. The fourth-order valence-corrected chi connectivity index (χ4v) is 7.40. The predicted octanol–water partition coefficient (Wildman–Crippen LogP) is 5.62. The maximum atomic E-state index is 13.1. The first kappa shape index (κ1) is 44.5. The van der Waals surface area contributed by atoms with E-state index in [2.05, 4.69) is 42.1 Å². The van der Waals surface area contributed by atoms with Crippen molar-refractivity contribution < 1.29 is 38.1 Å². The van der Waals surface area contributed by atoms with E-state index < -0.39 is 48.0 Å². The Balaban J connectivity index is 0.962. The van der Waals surface area contributed by atoms with Gasteiger partial charge in [-0.1, -0.05) is 84.9 Å². The van der Waals surface area contributed by atoms with Crippen LogP contribution >= 0.6 is 0 Å². The van der Waals surface area contributed by atoms with E-state index in [9.17, 15) is 19.2 Å². The van der Waals surface area contributed by atoms with Crippen molar-refractivity contribution in [1.82, 2.24) is 21.7 Å². The molecule has 4 amide bonds. The lowest BCUT2D eigenvalue weighted by atomic mass is 10.1. The number of carbonyl (C=O) groups excluding carboxylic acids is 4. The number of hydrogen-bond acceptors (Lipinski definition) is 14. The van der Waals surface area contributed by atoms with Crippen LogP contribution in [0.15, 0.2) is 178 Å². The first-order valence-corrected chi connectivity index (χ1v) is 21.3. The molecule has 6 aromatic carbocycles. The molecule has 9 aliphatic heterocycles. The molecule has 15 rings (SSSR count). The Hall–Kier alpha value is -8.68. The number of amides is 4. The van der Waals surface area contributed by atoms with E-state index in [0.29, 0.717) is 22.3 Å². The number of benzene rings is 6. The quantitative estimate of drug-likeness (QED) is 0.169. The molecule has 18 heteroatoms. The normalized spacial score (nSPS) is 20.3. The number of rotatable bonds is 2. The van der Waals surface area contributed by atoms with Gasteiger partial charge in [-0.2, -0.15) is 20.4 Å². The molecule has 6 aromatic rings. The zero-order chi connectivity index (χ0) is 46.7. The van der Waals surface area contributed by atoms with Crippen LogP contribution in [0.5, 0.6) is 0 Å². The Bertz CT molecular complexity index is 2490. The van der Waals surface area contributed by atoms with E-state index in [0.717, 1.165) is 34.1 Å². The molecule has 18 nitrogen and oxygen atoms in total. The lowest BCUT2D eigenvalue weighted by Gasteiger charge is -2.25. The van der Waals surface area contributed by atoms with Gasteiger partial charge in [0.1, 0.15) is 13.6 Å². The number of para-hydroxylation sites is 2. The summed E-state index contributed by atoms with van der Waals surface area (Å²) >= 11 is 0. The van der Waals surface area contributed by atoms with Crippen LogP contribution < -0.4 is 31.5 Å². The van der Waals surface area contributed by atoms with E-state index >= 15 is 0 Å². The van der Waals surface area contributed by atoms with Crippen molar-refractivity contribution in [2.45, 2.75) is 24.4 Å². The summed E-state index contributed by atoms with van der Waals surface area (Å²) < 4.78 is 21.8. The van der Waals surface area contributed by atoms with Crippen LogP contribution in [0, 0.1) is 0 Å². The zero-order valence-corrected chi connectivity index (χ0v) is 36.0. The highest BCUT2D eigenvalue weighted by Crippen LogP contribution is 2.36. The van der Waals surface area contributed by atoms with Gasteiger partial charge in [0.25, 0.3) is 23.6 Å². The molecule has 0 aliphatic carbocycles. The van der Waals surface area contributed by atoms with Crippen molar-refractivity contribution in [3.8, 4) is 0 Å². The fourth-order valence-electron chi connectivity index (χ4n) is 7.40. The number of nitrogens with one attached hydrogen (secondary N) is 4. The van der Waals surface area contributed by atoms with Crippen molar-refractivity contribution in [1.29, 1.82) is 0 Å². The summed E-state index contributed by atoms with van der Waals surface area (Å²) in [6, 6.07) is 49.5. The van der Waals surface area contributed by atoms with Gasteiger partial charge in [-0.15, -0.1) is 0 Å². The average molecular weight is 911 g/mol. The molecule has 0 unspecified atom stereocenters. The molecular weight excluding hydrogens is 869 g/mol. The maximum absolute atomic E-state index is 13.1. The van der Waals surface area contributed by atoms with Crippen LogP contribution in [0.1, 0.15) is 22.3 Å². The summed E-state index contributed by atoms with van der Waals surface area (Å²) in [6.07, 6.45) is 0.852. The van der Waals surface area contributed by atoms with Crippen LogP contribution in [-0.4, -0.2) is 86.5 Å². The van der Waals surface area contributed by atoms with Gasteiger partial charge in [0.05, 0.1) is 24.9 Å². The molecule has 4 atom stereocenters. The van der Waals surface area contributed by atoms with Gasteiger partial charge in [0.15, 0.2) is 24.4 Å². The maximum Gasteiger partial charge on any atom is 0.272 e. The molecule has 340 valence electrons. The van der Waals surface area contributed by atoms with Crippen molar-refractivity contribution in [2.24, 2.45) is 20.4 Å². The topological polar surface area (TPSA) is 209 Å². The highest BCUT2D eigenvalue weighted by atomic mass is 16.7. The summed E-state index contributed by atoms with van der Waals surface area (Å²) in [5.74, 6) is -2.66. The molecule has 0 radical (unpaired) electrons. The standard InChI is InChI=1S/C50H42N10O8/c61-47-43-45(67-31-65-43)49(63)57-53-29-35-15-23-41(24-16-35)60(38-9-5-2-6-10-38)42-25-17-36(18-26-42)30-54-58-50(64)46-44(66-32-68-46)48(62)56-52-28-34-13-21-40(22-14-34)59(37-7-3-1-4-8-37)39-19-11-33(12-20-39)27-51-55-47/h1-30,43-46H,31-32H2,(H,55,61)(H,56,62)(H,57,63)(H,58,64)/t43-,44-,45-,46-/m0/s1. The summed E-state index contributed by atoms with van der Waals surface area (Å²) in [5.41, 5.74) is 17.7. The van der Waals surface area contributed by atoms with E-state index in [-0.39, 0.29) is 13.6 Å². The van der Waals surface area contributed by atoms with Crippen LogP contribution in [0.25, 0.3) is 0 Å². The van der Waals surface area contributed by atoms with Gasteiger partial charge >= 0.3 is 0 Å².